The second kappa shape index (κ2) is 6.53. The van der Waals surface area contributed by atoms with E-state index in [2.05, 4.69) is 19.2 Å². The Bertz CT molecular complexity index is 404. The van der Waals surface area contributed by atoms with Crippen molar-refractivity contribution >= 4 is 17.3 Å². The van der Waals surface area contributed by atoms with Crippen LogP contribution in [0.3, 0.4) is 0 Å². The van der Waals surface area contributed by atoms with Gasteiger partial charge in [-0.25, -0.2) is 0 Å². The van der Waals surface area contributed by atoms with Gasteiger partial charge in [0, 0.05) is 10.9 Å². The van der Waals surface area contributed by atoms with E-state index in [1.165, 1.54) is 12.8 Å². The number of aliphatic carboxylic acids is 1. The summed E-state index contributed by atoms with van der Waals surface area (Å²) >= 11 is 1.64. The fourth-order valence-electron chi connectivity index (χ4n) is 3.08. The Morgan fingerprint density at radius 3 is 2.89 bits per heavy atom. The van der Waals surface area contributed by atoms with Crippen LogP contribution < -0.4 is 5.32 Å². The summed E-state index contributed by atoms with van der Waals surface area (Å²) in [4.78, 5) is 12.2. The summed E-state index contributed by atoms with van der Waals surface area (Å²) in [6.07, 6.45) is 3.80. The van der Waals surface area contributed by atoms with Crippen LogP contribution >= 0.6 is 11.3 Å². The molecular weight excluding hydrogens is 258 g/mol. The summed E-state index contributed by atoms with van der Waals surface area (Å²) in [7, 11) is 0. The minimum absolute atomic E-state index is 0.0432. The lowest BCUT2D eigenvalue weighted by atomic mass is 9.79. The second-order valence-corrected chi connectivity index (χ2v) is 6.81. The van der Waals surface area contributed by atoms with Crippen molar-refractivity contribution < 1.29 is 9.90 Å². The molecule has 1 fully saturated rings. The standard InChI is InChI=1S/C15H23NO2S/c1-10-5-6-12(11(2)8-10)16-13(9-15(17)18)14-4-3-7-19-14/h3-4,7,10-13,16H,5-6,8-9H2,1-2H3,(H,17,18). The van der Waals surface area contributed by atoms with Gasteiger partial charge in [0.25, 0.3) is 0 Å². The van der Waals surface area contributed by atoms with Crippen molar-refractivity contribution in [2.45, 2.75) is 51.6 Å². The van der Waals surface area contributed by atoms with Gasteiger partial charge in [-0.3, -0.25) is 4.79 Å². The van der Waals surface area contributed by atoms with Crippen molar-refractivity contribution in [3.8, 4) is 0 Å². The molecule has 1 aliphatic carbocycles. The van der Waals surface area contributed by atoms with E-state index in [0.717, 1.165) is 17.2 Å². The lowest BCUT2D eigenvalue weighted by molar-refractivity contribution is -0.137. The largest absolute Gasteiger partial charge is 0.481 e. The normalized spacial score (nSPS) is 29.1. The van der Waals surface area contributed by atoms with Gasteiger partial charge in [-0.1, -0.05) is 19.9 Å². The molecule has 2 rings (SSSR count). The maximum atomic E-state index is 11.0. The molecule has 1 aromatic heterocycles. The third kappa shape index (κ3) is 4.05. The summed E-state index contributed by atoms with van der Waals surface area (Å²) in [6.45, 7) is 4.58. The van der Waals surface area contributed by atoms with Crippen molar-refractivity contribution in [2.75, 3.05) is 0 Å². The van der Waals surface area contributed by atoms with Gasteiger partial charge >= 0.3 is 5.97 Å². The monoisotopic (exact) mass is 281 g/mol. The Kier molecular flexibility index (Phi) is 4.99. The topological polar surface area (TPSA) is 49.3 Å². The summed E-state index contributed by atoms with van der Waals surface area (Å²) in [5.41, 5.74) is 0. The molecule has 0 saturated heterocycles. The van der Waals surface area contributed by atoms with Crippen LogP contribution in [0.1, 0.15) is 50.4 Å². The molecule has 1 saturated carbocycles. The smallest absolute Gasteiger partial charge is 0.305 e. The molecule has 4 heteroatoms. The zero-order chi connectivity index (χ0) is 13.8. The van der Waals surface area contributed by atoms with Crippen molar-refractivity contribution in [3.63, 3.8) is 0 Å². The van der Waals surface area contributed by atoms with Crippen LogP contribution in [-0.4, -0.2) is 17.1 Å². The van der Waals surface area contributed by atoms with Crippen molar-refractivity contribution in [3.05, 3.63) is 22.4 Å². The Balaban J connectivity index is 2.01. The molecule has 0 amide bonds. The van der Waals surface area contributed by atoms with Gasteiger partial charge in [0.05, 0.1) is 12.5 Å². The molecular formula is C15H23NO2S. The van der Waals surface area contributed by atoms with Gasteiger partial charge in [0.15, 0.2) is 0 Å². The summed E-state index contributed by atoms with van der Waals surface area (Å²) in [5, 5.41) is 14.7. The van der Waals surface area contributed by atoms with Crippen LogP contribution in [0.5, 0.6) is 0 Å². The minimum atomic E-state index is -0.734. The SMILES string of the molecule is CC1CCC(NC(CC(=O)O)c2cccs2)C(C)C1. The number of rotatable bonds is 5. The number of carboxylic acid groups (broad SMARTS) is 1. The van der Waals surface area contributed by atoms with E-state index in [1.807, 2.05) is 17.5 Å². The molecule has 106 valence electrons. The number of hydrogen-bond donors (Lipinski definition) is 2. The van der Waals surface area contributed by atoms with Crippen LogP contribution in [0.15, 0.2) is 17.5 Å². The van der Waals surface area contributed by atoms with Gasteiger partial charge in [0.1, 0.15) is 0 Å². The number of carboxylic acids is 1. The van der Waals surface area contributed by atoms with Gasteiger partial charge in [-0.2, -0.15) is 0 Å². The molecule has 19 heavy (non-hydrogen) atoms. The first kappa shape index (κ1) is 14.5. The van der Waals surface area contributed by atoms with E-state index < -0.39 is 5.97 Å². The molecule has 2 N–H and O–H groups in total. The van der Waals surface area contributed by atoms with Crippen LogP contribution in [-0.2, 0) is 4.79 Å². The Morgan fingerprint density at radius 2 is 2.32 bits per heavy atom. The van der Waals surface area contributed by atoms with Crippen LogP contribution in [0.4, 0.5) is 0 Å². The van der Waals surface area contributed by atoms with Gasteiger partial charge in [0.2, 0.25) is 0 Å². The molecule has 4 atom stereocenters. The van der Waals surface area contributed by atoms with Crippen LogP contribution in [0.25, 0.3) is 0 Å². The zero-order valence-electron chi connectivity index (χ0n) is 11.6. The lowest BCUT2D eigenvalue weighted by Crippen LogP contribution is -2.41. The molecule has 3 nitrogen and oxygen atoms in total. The number of hydrogen-bond acceptors (Lipinski definition) is 3. The molecule has 4 unspecified atom stereocenters. The number of carbonyl (C=O) groups is 1. The first-order valence-corrected chi connectivity index (χ1v) is 7.95. The lowest BCUT2D eigenvalue weighted by Gasteiger charge is -2.35. The van der Waals surface area contributed by atoms with Crippen molar-refractivity contribution in [2.24, 2.45) is 11.8 Å². The van der Waals surface area contributed by atoms with E-state index in [0.29, 0.717) is 12.0 Å². The highest BCUT2D eigenvalue weighted by atomic mass is 32.1. The predicted molar refractivity (Wildman–Crippen MR) is 78.4 cm³/mol. The molecule has 0 spiro atoms. The molecule has 0 bridgehead atoms. The molecule has 0 radical (unpaired) electrons. The second-order valence-electron chi connectivity index (χ2n) is 5.83. The average Bonchev–Trinajstić information content (AvgIpc) is 2.84. The predicted octanol–water partition coefficient (Wildman–Crippen LogP) is 3.68. The number of thiophene rings is 1. The van der Waals surface area contributed by atoms with E-state index in [-0.39, 0.29) is 12.5 Å². The highest BCUT2D eigenvalue weighted by Gasteiger charge is 2.28. The number of nitrogens with one attached hydrogen (secondary N) is 1. The average molecular weight is 281 g/mol. The van der Waals surface area contributed by atoms with Crippen molar-refractivity contribution in [1.29, 1.82) is 0 Å². The fraction of sp³-hybridized carbons (Fsp3) is 0.667. The first-order valence-electron chi connectivity index (χ1n) is 7.07. The summed E-state index contributed by atoms with van der Waals surface area (Å²) < 4.78 is 0. The van der Waals surface area contributed by atoms with E-state index in [4.69, 9.17) is 5.11 Å². The molecule has 1 heterocycles. The van der Waals surface area contributed by atoms with E-state index >= 15 is 0 Å². The maximum Gasteiger partial charge on any atom is 0.305 e. The Morgan fingerprint density at radius 1 is 1.53 bits per heavy atom. The summed E-state index contributed by atoms with van der Waals surface area (Å²) in [6, 6.07) is 4.42. The Hall–Kier alpha value is -0.870. The molecule has 1 aliphatic rings. The van der Waals surface area contributed by atoms with Gasteiger partial charge < -0.3 is 10.4 Å². The zero-order valence-corrected chi connectivity index (χ0v) is 12.5. The highest BCUT2D eigenvalue weighted by molar-refractivity contribution is 7.10. The molecule has 1 aromatic rings. The fourth-order valence-corrected chi connectivity index (χ4v) is 3.86. The van der Waals surface area contributed by atoms with E-state index in [1.54, 1.807) is 11.3 Å². The third-order valence-electron chi connectivity index (χ3n) is 4.11. The maximum absolute atomic E-state index is 11.0. The minimum Gasteiger partial charge on any atom is -0.481 e. The first-order chi connectivity index (χ1) is 9.06. The Labute approximate surface area is 119 Å². The highest BCUT2D eigenvalue weighted by Crippen LogP contribution is 2.31. The van der Waals surface area contributed by atoms with Crippen LogP contribution in [0, 0.1) is 11.8 Å². The van der Waals surface area contributed by atoms with Gasteiger partial charge in [-0.05, 0) is 42.5 Å². The molecule has 0 aromatic carbocycles. The van der Waals surface area contributed by atoms with E-state index in [9.17, 15) is 4.79 Å². The van der Waals surface area contributed by atoms with Crippen molar-refractivity contribution in [1.82, 2.24) is 5.32 Å². The van der Waals surface area contributed by atoms with Crippen LogP contribution in [0.2, 0.25) is 0 Å². The van der Waals surface area contributed by atoms with Gasteiger partial charge in [-0.15, -0.1) is 11.3 Å². The quantitative estimate of drug-likeness (QED) is 0.865. The third-order valence-corrected chi connectivity index (χ3v) is 5.10. The molecule has 0 aliphatic heterocycles. The summed E-state index contributed by atoms with van der Waals surface area (Å²) in [5.74, 6) is 0.690.